The van der Waals surface area contributed by atoms with Crippen molar-refractivity contribution in [2.75, 3.05) is 5.32 Å². The van der Waals surface area contributed by atoms with Crippen molar-refractivity contribution in [3.05, 3.63) is 70.5 Å². The Hall–Kier alpha value is -3.22. The van der Waals surface area contributed by atoms with Gasteiger partial charge in [0.15, 0.2) is 5.69 Å². The zero-order valence-corrected chi connectivity index (χ0v) is 12.5. The minimum atomic E-state index is -0.416. The number of nitro groups is 1. The molecule has 3 aromatic rings. The fourth-order valence-electron chi connectivity index (χ4n) is 2.26. The number of hydrogen-bond acceptors (Lipinski definition) is 5. The predicted molar refractivity (Wildman–Crippen MR) is 86.9 cm³/mol. The molecule has 0 atom stereocenters. The number of benzene rings is 1. The molecule has 0 spiro atoms. The highest BCUT2D eigenvalue weighted by Crippen LogP contribution is 2.29. The first kappa shape index (κ1) is 14.7. The van der Waals surface area contributed by atoms with E-state index in [0.29, 0.717) is 23.6 Å². The van der Waals surface area contributed by atoms with Crippen molar-refractivity contribution >= 4 is 11.5 Å². The Morgan fingerprint density at radius 2 is 1.96 bits per heavy atom. The van der Waals surface area contributed by atoms with Gasteiger partial charge in [0.25, 0.3) is 5.69 Å². The third-order valence-corrected chi connectivity index (χ3v) is 3.49. The first-order chi connectivity index (χ1) is 11.1. The lowest BCUT2D eigenvalue weighted by Crippen LogP contribution is -2.07. The van der Waals surface area contributed by atoms with Crippen molar-refractivity contribution in [3.8, 4) is 11.3 Å². The fourth-order valence-corrected chi connectivity index (χ4v) is 2.26. The van der Waals surface area contributed by atoms with Crippen LogP contribution in [-0.2, 0) is 13.6 Å². The molecule has 0 aliphatic carbocycles. The van der Waals surface area contributed by atoms with Crippen LogP contribution in [0.4, 0.5) is 11.5 Å². The van der Waals surface area contributed by atoms with E-state index in [0.717, 1.165) is 5.69 Å². The SMILES string of the molecule is Cn1nccc1CNc1ccc([N+](=O)[O-])c(-c2ccccc2)n1. The Bertz CT molecular complexity index is 829. The summed E-state index contributed by atoms with van der Waals surface area (Å²) >= 11 is 0. The van der Waals surface area contributed by atoms with Crippen LogP contribution >= 0.6 is 0 Å². The summed E-state index contributed by atoms with van der Waals surface area (Å²) in [7, 11) is 1.86. The van der Waals surface area contributed by atoms with Gasteiger partial charge in [0.05, 0.1) is 17.2 Å². The van der Waals surface area contributed by atoms with Crippen LogP contribution in [-0.4, -0.2) is 19.7 Å². The molecule has 0 aliphatic rings. The first-order valence-corrected chi connectivity index (χ1v) is 7.07. The molecule has 3 rings (SSSR count). The third kappa shape index (κ3) is 3.18. The second-order valence-electron chi connectivity index (χ2n) is 4.99. The van der Waals surface area contributed by atoms with E-state index in [2.05, 4.69) is 15.4 Å². The van der Waals surface area contributed by atoms with Crippen LogP contribution in [0.25, 0.3) is 11.3 Å². The third-order valence-electron chi connectivity index (χ3n) is 3.49. The monoisotopic (exact) mass is 309 g/mol. The maximum atomic E-state index is 11.2. The largest absolute Gasteiger partial charge is 0.364 e. The van der Waals surface area contributed by atoms with Gasteiger partial charge < -0.3 is 5.32 Å². The van der Waals surface area contributed by atoms with Gasteiger partial charge in [0.2, 0.25) is 0 Å². The highest BCUT2D eigenvalue weighted by atomic mass is 16.6. The molecule has 2 aromatic heterocycles. The van der Waals surface area contributed by atoms with Gasteiger partial charge in [-0.1, -0.05) is 30.3 Å². The molecule has 0 saturated heterocycles. The van der Waals surface area contributed by atoms with E-state index in [1.54, 1.807) is 29.1 Å². The van der Waals surface area contributed by atoms with Crippen molar-refractivity contribution in [1.29, 1.82) is 0 Å². The first-order valence-electron chi connectivity index (χ1n) is 7.07. The minimum Gasteiger partial charge on any atom is -0.364 e. The quantitative estimate of drug-likeness (QED) is 0.578. The highest BCUT2D eigenvalue weighted by molar-refractivity contribution is 5.71. The zero-order valence-electron chi connectivity index (χ0n) is 12.5. The average Bonchev–Trinajstić information content (AvgIpc) is 2.98. The van der Waals surface area contributed by atoms with Crippen LogP contribution in [0.15, 0.2) is 54.7 Å². The molecule has 0 saturated carbocycles. The Kier molecular flexibility index (Phi) is 4.01. The summed E-state index contributed by atoms with van der Waals surface area (Å²) in [5.74, 6) is 0.579. The van der Waals surface area contributed by atoms with Crippen LogP contribution in [0.2, 0.25) is 0 Å². The van der Waals surface area contributed by atoms with Gasteiger partial charge in [-0.3, -0.25) is 14.8 Å². The van der Waals surface area contributed by atoms with E-state index in [-0.39, 0.29) is 5.69 Å². The lowest BCUT2D eigenvalue weighted by molar-refractivity contribution is -0.384. The molecular weight excluding hydrogens is 294 g/mol. The Morgan fingerprint density at radius 1 is 1.17 bits per heavy atom. The molecule has 0 radical (unpaired) electrons. The molecule has 7 heteroatoms. The minimum absolute atomic E-state index is 0.0118. The number of anilines is 1. The fraction of sp³-hybridized carbons (Fsp3) is 0.125. The highest BCUT2D eigenvalue weighted by Gasteiger charge is 2.17. The van der Waals surface area contributed by atoms with Gasteiger partial charge in [-0.25, -0.2) is 4.98 Å². The number of nitrogens with zero attached hydrogens (tertiary/aromatic N) is 4. The molecule has 1 aromatic carbocycles. The molecule has 0 bridgehead atoms. The van der Waals surface area contributed by atoms with Gasteiger partial charge in [0, 0.05) is 24.9 Å². The van der Waals surface area contributed by atoms with E-state index >= 15 is 0 Å². The van der Waals surface area contributed by atoms with Crippen molar-refractivity contribution in [1.82, 2.24) is 14.8 Å². The summed E-state index contributed by atoms with van der Waals surface area (Å²) < 4.78 is 1.76. The number of aryl methyl sites for hydroxylation is 1. The smallest absolute Gasteiger partial charge is 0.295 e. The number of rotatable bonds is 5. The number of pyridine rings is 1. The molecular formula is C16H15N5O2. The summed E-state index contributed by atoms with van der Waals surface area (Å²) in [6, 6.07) is 14.1. The number of aromatic nitrogens is 3. The number of hydrogen-bond donors (Lipinski definition) is 1. The summed E-state index contributed by atoms with van der Waals surface area (Å²) in [5.41, 5.74) is 2.04. The van der Waals surface area contributed by atoms with Gasteiger partial charge in [0.1, 0.15) is 5.82 Å². The van der Waals surface area contributed by atoms with Crippen molar-refractivity contribution in [2.24, 2.45) is 7.05 Å². The zero-order chi connectivity index (χ0) is 16.2. The standard InChI is InChI=1S/C16H15N5O2/c1-20-13(9-10-18-20)11-17-15-8-7-14(21(22)23)16(19-15)12-5-3-2-4-6-12/h2-10H,11H2,1H3,(H,17,19). The maximum absolute atomic E-state index is 11.2. The Balaban J connectivity index is 1.91. The van der Waals surface area contributed by atoms with E-state index < -0.39 is 4.92 Å². The summed E-state index contributed by atoms with van der Waals surface area (Å²) in [4.78, 5) is 15.2. The lowest BCUT2D eigenvalue weighted by atomic mass is 10.1. The van der Waals surface area contributed by atoms with Crippen LogP contribution in [0.1, 0.15) is 5.69 Å². The van der Waals surface area contributed by atoms with E-state index in [4.69, 9.17) is 0 Å². The van der Waals surface area contributed by atoms with Crippen LogP contribution in [0, 0.1) is 10.1 Å². The lowest BCUT2D eigenvalue weighted by Gasteiger charge is -2.08. The predicted octanol–water partition coefficient (Wildman–Crippen LogP) is 3.00. The molecule has 0 amide bonds. The van der Waals surface area contributed by atoms with Crippen LogP contribution < -0.4 is 5.32 Å². The van der Waals surface area contributed by atoms with E-state index in [1.165, 1.54) is 6.07 Å². The topological polar surface area (TPSA) is 85.9 Å². The van der Waals surface area contributed by atoms with E-state index in [1.807, 2.05) is 31.3 Å². The Labute approximate surface area is 132 Å². The second kappa shape index (κ2) is 6.27. The molecule has 116 valence electrons. The molecule has 23 heavy (non-hydrogen) atoms. The average molecular weight is 309 g/mol. The number of nitrogens with one attached hydrogen (secondary N) is 1. The molecule has 0 aliphatic heterocycles. The van der Waals surface area contributed by atoms with Crippen molar-refractivity contribution < 1.29 is 4.92 Å². The molecule has 1 N–H and O–H groups in total. The van der Waals surface area contributed by atoms with E-state index in [9.17, 15) is 10.1 Å². The van der Waals surface area contributed by atoms with Gasteiger partial charge in [-0.15, -0.1) is 0 Å². The summed E-state index contributed by atoms with van der Waals surface area (Å²) in [6.07, 6.45) is 1.72. The van der Waals surface area contributed by atoms with Crippen LogP contribution in [0.3, 0.4) is 0 Å². The molecule has 0 fully saturated rings. The van der Waals surface area contributed by atoms with Crippen LogP contribution in [0.5, 0.6) is 0 Å². The molecule has 0 unspecified atom stereocenters. The van der Waals surface area contributed by atoms with Gasteiger partial charge in [-0.05, 0) is 12.1 Å². The van der Waals surface area contributed by atoms with Gasteiger partial charge >= 0.3 is 0 Å². The van der Waals surface area contributed by atoms with Crippen molar-refractivity contribution in [3.63, 3.8) is 0 Å². The normalized spacial score (nSPS) is 10.5. The Morgan fingerprint density at radius 3 is 2.61 bits per heavy atom. The molecule has 2 heterocycles. The van der Waals surface area contributed by atoms with Crippen molar-refractivity contribution in [2.45, 2.75) is 6.54 Å². The summed E-state index contributed by atoms with van der Waals surface area (Å²) in [6.45, 7) is 0.537. The van der Waals surface area contributed by atoms with Gasteiger partial charge in [-0.2, -0.15) is 5.10 Å². The summed E-state index contributed by atoms with van der Waals surface area (Å²) in [5, 5.41) is 18.5. The maximum Gasteiger partial charge on any atom is 0.295 e. The second-order valence-corrected chi connectivity index (χ2v) is 4.99. The molecule has 7 nitrogen and oxygen atoms in total.